The molecule has 1 aromatic carbocycles. The van der Waals surface area contributed by atoms with E-state index in [1.165, 1.54) is 0 Å². The SMILES string of the molecule is COc1ccc(C)c(-n2c(N)c(C(N)=O)c3ccc(C)nc32)c1C. The van der Waals surface area contributed by atoms with Crippen LogP contribution < -0.4 is 16.2 Å². The zero-order valence-electron chi connectivity index (χ0n) is 14.2. The van der Waals surface area contributed by atoms with E-state index in [9.17, 15) is 4.79 Å². The molecule has 2 aromatic heterocycles. The molecule has 4 N–H and O–H groups in total. The number of ether oxygens (including phenoxy) is 1. The molecule has 1 amide bonds. The first-order valence-electron chi connectivity index (χ1n) is 7.58. The molecule has 2 heterocycles. The number of aromatic nitrogens is 2. The first-order chi connectivity index (χ1) is 11.4. The van der Waals surface area contributed by atoms with Gasteiger partial charge in [-0.2, -0.15) is 0 Å². The van der Waals surface area contributed by atoms with Crippen LogP contribution in [0.5, 0.6) is 5.75 Å². The van der Waals surface area contributed by atoms with Crippen molar-refractivity contribution in [2.75, 3.05) is 12.8 Å². The van der Waals surface area contributed by atoms with Gasteiger partial charge in [-0.3, -0.25) is 9.36 Å². The number of pyridine rings is 1. The quantitative estimate of drug-likeness (QED) is 0.774. The molecule has 24 heavy (non-hydrogen) atoms. The minimum absolute atomic E-state index is 0.287. The number of hydrogen-bond acceptors (Lipinski definition) is 4. The van der Waals surface area contributed by atoms with Crippen LogP contribution in [-0.4, -0.2) is 22.6 Å². The number of nitrogens with zero attached hydrogens (tertiary/aromatic N) is 2. The summed E-state index contributed by atoms with van der Waals surface area (Å²) >= 11 is 0. The number of methoxy groups -OCH3 is 1. The molecule has 3 aromatic rings. The van der Waals surface area contributed by atoms with Crippen LogP contribution in [0.15, 0.2) is 24.3 Å². The van der Waals surface area contributed by atoms with Gasteiger partial charge >= 0.3 is 0 Å². The van der Waals surface area contributed by atoms with Gasteiger partial charge in [-0.05, 0) is 44.5 Å². The highest BCUT2D eigenvalue weighted by Crippen LogP contribution is 2.35. The number of hydrogen-bond donors (Lipinski definition) is 2. The molecule has 0 spiro atoms. The number of primary amides is 1. The summed E-state index contributed by atoms with van der Waals surface area (Å²) in [5.74, 6) is 0.459. The summed E-state index contributed by atoms with van der Waals surface area (Å²) < 4.78 is 7.21. The summed E-state index contributed by atoms with van der Waals surface area (Å²) in [5, 5.41) is 0.646. The predicted molar refractivity (Wildman–Crippen MR) is 94.8 cm³/mol. The third kappa shape index (κ3) is 2.19. The minimum atomic E-state index is -0.569. The van der Waals surface area contributed by atoms with E-state index in [2.05, 4.69) is 4.98 Å². The molecule has 0 saturated carbocycles. The Bertz CT molecular complexity index is 973. The topological polar surface area (TPSA) is 96.2 Å². The Hall–Kier alpha value is -3.02. The van der Waals surface area contributed by atoms with Crippen LogP contribution in [0.1, 0.15) is 27.2 Å². The van der Waals surface area contributed by atoms with E-state index in [0.29, 0.717) is 16.6 Å². The van der Waals surface area contributed by atoms with Crippen LogP contribution in [0.4, 0.5) is 5.82 Å². The Morgan fingerprint density at radius 3 is 2.50 bits per heavy atom. The van der Waals surface area contributed by atoms with Crippen molar-refractivity contribution in [2.45, 2.75) is 20.8 Å². The lowest BCUT2D eigenvalue weighted by molar-refractivity contribution is 0.100. The molecular weight excluding hydrogens is 304 g/mol. The molecule has 0 atom stereocenters. The molecule has 6 nitrogen and oxygen atoms in total. The van der Waals surface area contributed by atoms with Crippen molar-refractivity contribution < 1.29 is 9.53 Å². The maximum Gasteiger partial charge on any atom is 0.253 e. The van der Waals surface area contributed by atoms with Crippen molar-refractivity contribution in [3.8, 4) is 11.4 Å². The van der Waals surface area contributed by atoms with Gasteiger partial charge in [0.2, 0.25) is 0 Å². The summed E-state index contributed by atoms with van der Waals surface area (Å²) in [4.78, 5) is 16.5. The third-order valence-corrected chi connectivity index (χ3v) is 4.27. The third-order valence-electron chi connectivity index (χ3n) is 4.27. The molecule has 0 bridgehead atoms. The molecule has 0 aliphatic heterocycles. The van der Waals surface area contributed by atoms with Gasteiger partial charge < -0.3 is 16.2 Å². The monoisotopic (exact) mass is 324 g/mol. The molecule has 0 aliphatic rings. The number of rotatable bonds is 3. The summed E-state index contributed by atoms with van der Waals surface area (Å²) in [6.45, 7) is 5.82. The number of carbonyl (C=O) groups excluding carboxylic acids is 1. The lowest BCUT2D eigenvalue weighted by Gasteiger charge is -2.16. The van der Waals surface area contributed by atoms with Crippen molar-refractivity contribution in [3.63, 3.8) is 0 Å². The van der Waals surface area contributed by atoms with Gasteiger partial charge in [-0.25, -0.2) is 4.98 Å². The van der Waals surface area contributed by atoms with Crippen molar-refractivity contribution in [1.29, 1.82) is 0 Å². The highest BCUT2D eigenvalue weighted by Gasteiger charge is 2.23. The summed E-state index contributed by atoms with van der Waals surface area (Å²) in [7, 11) is 1.62. The number of benzene rings is 1. The summed E-state index contributed by atoms with van der Waals surface area (Å²) in [5.41, 5.74) is 16.4. The highest BCUT2D eigenvalue weighted by molar-refractivity contribution is 6.11. The number of anilines is 1. The van der Waals surface area contributed by atoms with Gasteiger partial charge in [-0.15, -0.1) is 0 Å². The Kier molecular flexibility index (Phi) is 3.67. The summed E-state index contributed by atoms with van der Waals surface area (Å²) in [6.07, 6.45) is 0. The second kappa shape index (κ2) is 5.56. The molecule has 3 rings (SSSR count). The van der Waals surface area contributed by atoms with Gasteiger partial charge in [0.05, 0.1) is 18.4 Å². The van der Waals surface area contributed by atoms with Gasteiger partial charge in [0.15, 0.2) is 0 Å². The lowest BCUT2D eigenvalue weighted by atomic mass is 10.1. The fourth-order valence-electron chi connectivity index (χ4n) is 3.14. The normalized spacial score (nSPS) is 11.0. The number of aryl methyl sites for hydroxylation is 2. The molecule has 0 fully saturated rings. The zero-order chi connectivity index (χ0) is 17.6. The predicted octanol–water partition coefficient (Wildman–Crippen LogP) is 2.64. The van der Waals surface area contributed by atoms with E-state index in [1.54, 1.807) is 11.7 Å². The Labute approximate surface area is 140 Å². The fourth-order valence-corrected chi connectivity index (χ4v) is 3.14. The van der Waals surface area contributed by atoms with E-state index in [-0.39, 0.29) is 5.82 Å². The standard InChI is InChI=1S/C18H20N4O2/c1-9-5-8-13(24-4)11(3)15(9)22-16(19)14(17(20)23)12-7-6-10(2)21-18(12)22/h5-8H,19H2,1-4H3,(H2,20,23). The Morgan fingerprint density at radius 2 is 1.88 bits per heavy atom. The van der Waals surface area contributed by atoms with E-state index >= 15 is 0 Å². The van der Waals surface area contributed by atoms with E-state index in [1.807, 2.05) is 45.0 Å². The second-order valence-corrected chi connectivity index (χ2v) is 5.84. The number of carbonyl (C=O) groups is 1. The van der Waals surface area contributed by atoms with Crippen LogP contribution in [0.3, 0.4) is 0 Å². The summed E-state index contributed by atoms with van der Waals surface area (Å²) in [6, 6.07) is 7.52. The first-order valence-corrected chi connectivity index (χ1v) is 7.58. The zero-order valence-corrected chi connectivity index (χ0v) is 14.2. The molecule has 124 valence electrons. The maximum absolute atomic E-state index is 11.9. The van der Waals surface area contributed by atoms with Gasteiger partial charge in [-0.1, -0.05) is 6.07 Å². The molecule has 0 saturated heterocycles. The van der Waals surface area contributed by atoms with Crippen LogP contribution >= 0.6 is 0 Å². The van der Waals surface area contributed by atoms with E-state index in [0.717, 1.165) is 28.3 Å². The average molecular weight is 324 g/mol. The Balaban J connectivity index is 2.50. The van der Waals surface area contributed by atoms with Crippen molar-refractivity contribution >= 4 is 22.8 Å². The number of fused-ring (bicyclic) bond motifs is 1. The maximum atomic E-state index is 11.9. The van der Waals surface area contributed by atoms with E-state index < -0.39 is 5.91 Å². The van der Waals surface area contributed by atoms with Gasteiger partial charge in [0.1, 0.15) is 17.2 Å². The molecular formula is C18H20N4O2. The molecule has 0 unspecified atom stereocenters. The highest BCUT2D eigenvalue weighted by atomic mass is 16.5. The van der Waals surface area contributed by atoms with Crippen LogP contribution in [-0.2, 0) is 0 Å². The van der Waals surface area contributed by atoms with Gasteiger partial charge in [0.25, 0.3) is 5.91 Å². The fraction of sp³-hybridized carbons (Fsp3) is 0.222. The number of nitrogens with two attached hydrogens (primary N) is 2. The number of amides is 1. The van der Waals surface area contributed by atoms with E-state index in [4.69, 9.17) is 16.2 Å². The van der Waals surface area contributed by atoms with Crippen LogP contribution in [0.2, 0.25) is 0 Å². The molecule has 0 radical (unpaired) electrons. The van der Waals surface area contributed by atoms with Crippen LogP contribution in [0, 0.1) is 20.8 Å². The van der Waals surface area contributed by atoms with Crippen molar-refractivity contribution in [1.82, 2.24) is 9.55 Å². The molecule has 0 aliphatic carbocycles. The van der Waals surface area contributed by atoms with Crippen molar-refractivity contribution in [2.24, 2.45) is 5.73 Å². The van der Waals surface area contributed by atoms with Crippen LogP contribution in [0.25, 0.3) is 16.7 Å². The number of nitrogen functional groups attached to an aromatic ring is 1. The van der Waals surface area contributed by atoms with Gasteiger partial charge in [0, 0.05) is 16.6 Å². The first kappa shape index (κ1) is 15.9. The average Bonchev–Trinajstić information content (AvgIpc) is 2.80. The largest absolute Gasteiger partial charge is 0.496 e. The Morgan fingerprint density at radius 1 is 1.17 bits per heavy atom. The molecule has 6 heteroatoms. The smallest absolute Gasteiger partial charge is 0.253 e. The van der Waals surface area contributed by atoms with Crippen molar-refractivity contribution in [3.05, 3.63) is 46.6 Å². The lowest BCUT2D eigenvalue weighted by Crippen LogP contribution is -2.14. The second-order valence-electron chi connectivity index (χ2n) is 5.84. The minimum Gasteiger partial charge on any atom is -0.496 e.